The summed E-state index contributed by atoms with van der Waals surface area (Å²) in [4.78, 5) is 7.09. The Balaban J connectivity index is 1.27. The summed E-state index contributed by atoms with van der Waals surface area (Å²) < 4.78 is 7.26. The molecular weight excluding hydrogens is 645 g/mol. The fourth-order valence-corrected chi connectivity index (χ4v) is 6.27. The van der Waals surface area contributed by atoms with Crippen molar-refractivity contribution in [2.24, 2.45) is 0 Å². The van der Waals surface area contributed by atoms with Crippen LogP contribution >= 0.6 is 22.9 Å². The van der Waals surface area contributed by atoms with Gasteiger partial charge in [-0.3, -0.25) is 4.68 Å². The highest BCUT2D eigenvalue weighted by atomic mass is 127. The predicted octanol–water partition coefficient (Wildman–Crippen LogP) is 8.28. The number of aromatic nitrogens is 5. The van der Waals surface area contributed by atoms with Crippen molar-refractivity contribution in [3.05, 3.63) is 103 Å². The molecular formula is C35H38IN7. The van der Waals surface area contributed by atoms with Gasteiger partial charge in [-0.05, 0) is 74.1 Å². The maximum atomic E-state index is 4.90. The lowest BCUT2D eigenvalue weighted by molar-refractivity contribution is 0.282. The Morgan fingerprint density at radius 3 is 2.44 bits per heavy atom. The maximum absolute atomic E-state index is 4.90. The molecule has 0 fully saturated rings. The van der Waals surface area contributed by atoms with Crippen molar-refractivity contribution in [1.82, 2.24) is 29.3 Å². The van der Waals surface area contributed by atoms with E-state index in [4.69, 9.17) is 5.10 Å². The quantitative estimate of drug-likeness (QED) is 0.0755. The highest BCUT2D eigenvalue weighted by Crippen LogP contribution is 2.37. The molecule has 43 heavy (non-hydrogen) atoms. The summed E-state index contributed by atoms with van der Waals surface area (Å²) in [6.07, 6.45) is 8.50. The van der Waals surface area contributed by atoms with Gasteiger partial charge in [-0.25, -0.2) is 9.50 Å². The number of anilines is 1. The van der Waals surface area contributed by atoms with Gasteiger partial charge < -0.3 is 8.43 Å². The van der Waals surface area contributed by atoms with Crippen molar-refractivity contribution < 1.29 is 0 Å². The molecule has 0 spiro atoms. The lowest BCUT2D eigenvalue weighted by Crippen LogP contribution is -2.25. The molecule has 3 aromatic carbocycles. The van der Waals surface area contributed by atoms with Crippen LogP contribution < -0.4 is 3.53 Å². The zero-order chi connectivity index (χ0) is 29.6. The summed E-state index contributed by atoms with van der Waals surface area (Å²) in [6, 6.07) is 28.1. The molecule has 0 saturated carbocycles. The van der Waals surface area contributed by atoms with Crippen molar-refractivity contribution in [1.29, 1.82) is 0 Å². The van der Waals surface area contributed by atoms with Crippen molar-refractivity contribution in [3.8, 4) is 22.4 Å². The number of fused-ring (bicyclic) bond motifs is 2. The lowest BCUT2D eigenvalue weighted by Gasteiger charge is -2.19. The summed E-state index contributed by atoms with van der Waals surface area (Å²) in [5.74, 6) is 0.785. The number of rotatable bonds is 13. The van der Waals surface area contributed by atoms with E-state index in [9.17, 15) is 0 Å². The van der Waals surface area contributed by atoms with E-state index in [1.165, 1.54) is 43.5 Å². The van der Waals surface area contributed by atoms with Gasteiger partial charge in [-0.1, -0.05) is 80.6 Å². The number of unbranched alkanes of at least 4 members (excludes halogenated alkanes) is 1. The number of halogens is 1. The molecule has 8 heteroatoms. The van der Waals surface area contributed by atoms with Crippen LogP contribution in [-0.2, 0) is 13.0 Å². The van der Waals surface area contributed by atoms with Gasteiger partial charge in [0.2, 0.25) is 0 Å². The van der Waals surface area contributed by atoms with E-state index in [0.29, 0.717) is 0 Å². The Hall–Kier alpha value is -3.76. The summed E-state index contributed by atoms with van der Waals surface area (Å²) in [5.41, 5.74) is 8.87. The Bertz CT molecular complexity index is 1790. The molecule has 6 rings (SSSR count). The largest absolute Gasteiger partial charge is 0.311 e. The van der Waals surface area contributed by atoms with E-state index in [1.807, 2.05) is 15.3 Å². The SMILES string of the molecule is CCCN(CC)CCCCc1ccc(-c2cc(-c3ccc4cn(Cc5ccccc5)nc4c3)c3c(NI)ncnn23)cc1. The van der Waals surface area contributed by atoms with Crippen LogP contribution in [0.3, 0.4) is 0 Å². The van der Waals surface area contributed by atoms with Crippen molar-refractivity contribution >= 4 is 45.1 Å². The molecule has 0 saturated heterocycles. The Labute approximate surface area is 267 Å². The minimum atomic E-state index is 0.743. The minimum absolute atomic E-state index is 0.743. The van der Waals surface area contributed by atoms with Crippen LogP contribution in [-0.4, -0.2) is 48.9 Å². The molecule has 7 nitrogen and oxygen atoms in total. The van der Waals surface area contributed by atoms with Crippen LogP contribution in [0.25, 0.3) is 38.8 Å². The van der Waals surface area contributed by atoms with Crippen LogP contribution in [0.4, 0.5) is 5.82 Å². The average molecular weight is 684 g/mol. The van der Waals surface area contributed by atoms with Gasteiger partial charge in [0.1, 0.15) is 11.8 Å². The fourth-order valence-electron chi connectivity index (χ4n) is 5.88. The Kier molecular flexibility index (Phi) is 9.33. The van der Waals surface area contributed by atoms with Crippen LogP contribution in [0.5, 0.6) is 0 Å². The highest BCUT2D eigenvalue weighted by Gasteiger charge is 2.18. The van der Waals surface area contributed by atoms with E-state index < -0.39 is 0 Å². The molecule has 0 aliphatic heterocycles. The second kappa shape index (κ2) is 13.7. The molecule has 6 aromatic rings. The van der Waals surface area contributed by atoms with Crippen LogP contribution in [0, 0.1) is 0 Å². The summed E-state index contributed by atoms with van der Waals surface area (Å²) in [6.45, 7) is 8.78. The number of benzene rings is 3. The molecule has 3 heterocycles. The van der Waals surface area contributed by atoms with Crippen molar-refractivity contribution in [2.75, 3.05) is 23.2 Å². The van der Waals surface area contributed by atoms with Gasteiger partial charge in [-0.2, -0.15) is 10.2 Å². The fraction of sp³-hybridized carbons (Fsp3) is 0.286. The first kappa shape index (κ1) is 29.3. The summed E-state index contributed by atoms with van der Waals surface area (Å²) in [7, 11) is 0. The molecule has 0 aliphatic carbocycles. The molecule has 1 N–H and O–H groups in total. The van der Waals surface area contributed by atoms with Crippen molar-refractivity contribution in [3.63, 3.8) is 0 Å². The zero-order valence-corrected chi connectivity index (χ0v) is 27.0. The van der Waals surface area contributed by atoms with E-state index in [1.54, 1.807) is 6.33 Å². The van der Waals surface area contributed by atoms with Gasteiger partial charge in [0.25, 0.3) is 0 Å². The van der Waals surface area contributed by atoms with Gasteiger partial charge in [0.15, 0.2) is 5.82 Å². The number of aryl methyl sites for hydroxylation is 1. The molecule has 0 atom stereocenters. The third kappa shape index (κ3) is 6.60. The molecule has 0 amide bonds. The van der Waals surface area contributed by atoms with Crippen LogP contribution in [0.15, 0.2) is 91.4 Å². The molecule has 220 valence electrons. The normalized spacial score (nSPS) is 11.6. The minimum Gasteiger partial charge on any atom is -0.311 e. The maximum Gasteiger partial charge on any atom is 0.163 e. The Morgan fingerprint density at radius 2 is 1.67 bits per heavy atom. The molecule has 0 unspecified atom stereocenters. The first-order chi connectivity index (χ1) is 21.2. The summed E-state index contributed by atoms with van der Waals surface area (Å²) in [5, 5.41) is 10.7. The second-order valence-electron chi connectivity index (χ2n) is 11.1. The van der Waals surface area contributed by atoms with Gasteiger partial charge in [-0.15, -0.1) is 0 Å². The average Bonchev–Trinajstić information content (AvgIpc) is 3.64. The number of nitrogens with zero attached hydrogens (tertiary/aromatic N) is 6. The summed E-state index contributed by atoms with van der Waals surface area (Å²) >= 11 is 2.15. The first-order valence-electron chi connectivity index (χ1n) is 15.2. The van der Waals surface area contributed by atoms with Crippen LogP contribution in [0.1, 0.15) is 44.2 Å². The monoisotopic (exact) mass is 683 g/mol. The van der Waals surface area contributed by atoms with E-state index in [0.717, 1.165) is 64.1 Å². The third-order valence-corrected chi connectivity index (χ3v) is 8.63. The smallest absolute Gasteiger partial charge is 0.163 e. The standard InChI is InChI=1S/C35H38IN7/c1-3-19-41(4-2)20-9-8-10-26-13-15-28(16-14-26)33-22-31(34-35(39-36)37-25-38-43(33)34)29-17-18-30-24-42(40-32(30)21-29)23-27-11-6-5-7-12-27/h5-7,11-18,21-22,24-25H,3-4,8-10,19-20,23H2,1-2H3,(H,37,38,39). The number of hydrogen-bond acceptors (Lipinski definition) is 5. The first-order valence-corrected chi connectivity index (χ1v) is 16.3. The van der Waals surface area contributed by atoms with Crippen molar-refractivity contribution in [2.45, 2.75) is 46.1 Å². The molecule has 3 aromatic heterocycles. The molecule has 0 bridgehead atoms. The van der Waals surface area contributed by atoms with Gasteiger partial charge in [0.05, 0.1) is 40.6 Å². The number of nitrogens with one attached hydrogen (secondary N) is 1. The second-order valence-corrected chi connectivity index (χ2v) is 11.6. The lowest BCUT2D eigenvalue weighted by atomic mass is 10.0. The third-order valence-electron chi connectivity index (χ3n) is 8.12. The van der Waals surface area contributed by atoms with E-state index in [2.05, 4.69) is 134 Å². The molecule has 0 aliphatic rings. The van der Waals surface area contributed by atoms with Gasteiger partial charge in [0, 0.05) is 22.7 Å². The Morgan fingerprint density at radius 1 is 0.860 bits per heavy atom. The topological polar surface area (TPSA) is 63.3 Å². The van der Waals surface area contributed by atoms with E-state index >= 15 is 0 Å². The van der Waals surface area contributed by atoms with Crippen LogP contribution in [0.2, 0.25) is 0 Å². The van der Waals surface area contributed by atoms with Gasteiger partial charge >= 0.3 is 0 Å². The zero-order valence-electron chi connectivity index (χ0n) is 24.9. The predicted molar refractivity (Wildman–Crippen MR) is 186 cm³/mol. The highest BCUT2D eigenvalue weighted by molar-refractivity contribution is 14.1. The van der Waals surface area contributed by atoms with E-state index in [-0.39, 0.29) is 0 Å². The molecule has 0 radical (unpaired) electrons. The number of hydrogen-bond donors (Lipinski definition) is 1.